The van der Waals surface area contributed by atoms with Gasteiger partial charge in [-0.25, -0.2) is 9.59 Å². The maximum Gasteiger partial charge on any atom is 0.407 e. The Labute approximate surface area is 327 Å². The van der Waals surface area contributed by atoms with E-state index >= 15 is 0 Å². The van der Waals surface area contributed by atoms with Crippen molar-refractivity contribution in [3.63, 3.8) is 0 Å². The summed E-state index contributed by atoms with van der Waals surface area (Å²) in [6, 6.07) is 20.6. The number of esters is 2. The van der Waals surface area contributed by atoms with Crippen molar-refractivity contribution < 1.29 is 43.2 Å². The Hall–Kier alpha value is -3.61. The summed E-state index contributed by atoms with van der Waals surface area (Å²) in [4.78, 5) is 46.0. The van der Waals surface area contributed by atoms with Crippen molar-refractivity contribution in [2.45, 2.75) is 129 Å². The van der Waals surface area contributed by atoms with Crippen LogP contribution in [0, 0.1) is 17.8 Å². The van der Waals surface area contributed by atoms with Gasteiger partial charge in [0.2, 0.25) is 7.38 Å². The summed E-state index contributed by atoms with van der Waals surface area (Å²) in [7, 11) is 0.468. The maximum absolute atomic E-state index is 11.7. The van der Waals surface area contributed by atoms with E-state index in [1.54, 1.807) is 20.8 Å². The Balaban J connectivity index is 0.000000280. The number of carbonyl (C=O) groups excluding carboxylic acids is 4. The standard InChI is InChI=1S/C16H19ClSi.C13H23NO4.C12H21NO5/c1-16(2,3)18(17,14-10-6-4-7-11-14)15-12-8-5-9-13-15;1-8-6-9(11(15)17-5)7-10(8)14-12(16)18-13(2,3)4;1-12(2,3)18-11(16)13-8-5-7(6-9(8)14)10(15)17-4/h4-13H,1-3H3;8-10H,6-7H2,1-5H3,(H,14,16);7-9,14H,5-6H2,1-4H3,(H,13,16)/t;8-,9+,10-;7-,8-,9-/m.11/s1. The Bertz CT molecular complexity index is 1400. The van der Waals surface area contributed by atoms with Crippen LogP contribution in [-0.2, 0) is 28.5 Å². The number of hydrogen-bond acceptors (Lipinski definition) is 9. The highest BCUT2D eigenvalue weighted by Crippen LogP contribution is 2.38. The molecule has 11 nitrogen and oxygen atoms in total. The Morgan fingerprint density at radius 3 is 1.39 bits per heavy atom. The second-order valence-electron chi connectivity index (χ2n) is 17.1. The van der Waals surface area contributed by atoms with Gasteiger partial charge in [-0.05, 0) is 88.6 Å². The minimum atomic E-state index is -2.23. The lowest BCUT2D eigenvalue weighted by Gasteiger charge is -2.38. The number of alkyl carbamates (subject to hydrolysis) is 2. The largest absolute Gasteiger partial charge is 0.469 e. The van der Waals surface area contributed by atoms with Crippen molar-refractivity contribution in [1.82, 2.24) is 10.6 Å². The average Bonchev–Trinajstić information content (AvgIpc) is 3.63. The lowest BCUT2D eigenvalue weighted by Crippen LogP contribution is -2.59. The molecule has 0 saturated heterocycles. The summed E-state index contributed by atoms with van der Waals surface area (Å²) >= 11 is 7.21. The van der Waals surface area contributed by atoms with Gasteiger partial charge in [0.15, 0.2) is 0 Å². The number of aliphatic hydroxyl groups excluding tert-OH is 1. The summed E-state index contributed by atoms with van der Waals surface area (Å²) in [5, 5.41) is 17.8. The lowest BCUT2D eigenvalue weighted by atomic mass is 10.1. The van der Waals surface area contributed by atoms with E-state index in [0.29, 0.717) is 19.3 Å². The number of nitrogens with one attached hydrogen (secondary N) is 2. The summed E-state index contributed by atoms with van der Waals surface area (Å²) < 4.78 is 19.7. The van der Waals surface area contributed by atoms with E-state index in [1.165, 1.54) is 24.6 Å². The van der Waals surface area contributed by atoms with Crippen molar-refractivity contribution in [3.8, 4) is 0 Å². The van der Waals surface area contributed by atoms with Crippen molar-refractivity contribution >= 4 is 53.0 Å². The minimum absolute atomic E-state index is 0.0241. The van der Waals surface area contributed by atoms with Crippen LogP contribution < -0.4 is 21.0 Å². The van der Waals surface area contributed by atoms with Gasteiger partial charge in [-0.15, -0.1) is 0 Å². The van der Waals surface area contributed by atoms with E-state index in [9.17, 15) is 24.3 Å². The molecule has 4 rings (SSSR count). The zero-order chi connectivity index (χ0) is 41.1. The number of halogens is 1. The molecule has 54 heavy (non-hydrogen) atoms. The molecule has 302 valence electrons. The van der Waals surface area contributed by atoms with Crippen LogP contribution in [0.1, 0.15) is 94.9 Å². The molecule has 0 bridgehead atoms. The molecular weight excluding hydrogens is 728 g/mol. The summed E-state index contributed by atoms with van der Waals surface area (Å²) in [5.41, 5.74) is -1.09. The van der Waals surface area contributed by atoms with Crippen molar-refractivity contribution in [2.24, 2.45) is 17.8 Å². The number of benzene rings is 2. The normalized spacial score (nSPS) is 22.6. The monoisotopic (exact) mass is 790 g/mol. The number of carbonyl (C=O) groups is 4. The predicted octanol–water partition coefficient (Wildman–Crippen LogP) is 6.71. The first-order valence-corrected chi connectivity index (χ1v) is 21.6. The Morgan fingerprint density at radius 1 is 0.648 bits per heavy atom. The van der Waals surface area contributed by atoms with Gasteiger partial charge in [-0.3, -0.25) is 9.59 Å². The summed E-state index contributed by atoms with van der Waals surface area (Å²) in [6.07, 6.45) is 0.268. The molecule has 0 spiro atoms. The lowest BCUT2D eigenvalue weighted by molar-refractivity contribution is -0.146. The summed E-state index contributed by atoms with van der Waals surface area (Å²) in [5.74, 6) is -0.797. The van der Waals surface area contributed by atoms with Crippen LogP contribution in [0.2, 0.25) is 5.04 Å². The van der Waals surface area contributed by atoms with E-state index in [4.69, 9.17) is 25.3 Å². The molecule has 2 aliphatic carbocycles. The SMILES string of the molecule is CC(C)(C)[Si](Cl)(c1ccccc1)c1ccccc1.COC(=O)[C@H]1C[C@@H](C)[C@H](NC(=O)OC(C)(C)C)C1.COC(=O)[C@H]1C[C@@H](O)[C@H](NC(=O)OC(C)(C)C)C1. The van der Waals surface area contributed by atoms with Gasteiger partial charge in [0.05, 0.1) is 38.2 Å². The summed E-state index contributed by atoms with van der Waals surface area (Å²) in [6.45, 7) is 19.5. The molecule has 0 radical (unpaired) electrons. The molecule has 0 unspecified atom stereocenters. The van der Waals surface area contributed by atoms with Gasteiger partial charge in [-0.2, -0.15) is 11.1 Å². The zero-order valence-electron chi connectivity index (χ0n) is 34.2. The quantitative estimate of drug-likeness (QED) is 0.126. The van der Waals surface area contributed by atoms with E-state index in [2.05, 4.69) is 84.7 Å². The van der Waals surface area contributed by atoms with Crippen molar-refractivity contribution in [2.75, 3.05) is 14.2 Å². The molecule has 0 aromatic heterocycles. The molecule has 2 aromatic rings. The van der Waals surface area contributed by atoms with E-state index in [1.807, 2.05) is 39.8 Å². The fraction of sp³-hybridized carbons (Fsp3) is 0.610. The predicted molar refractivity (Wildman–Crippen MR) is 214 cm³/mol. The zero-order valence-corrected chi connectivity index (χ0v) is 35.9. The first kappa shape index (κ1) is 46.5. The molecule has 2 aromatic carbocycles. The number of amides is 2. The third kappa shape index (κ3) is 14.2. The second-order valence-corrected chi connectivity index (χ2v) is 22.7. The Kier molecular flexibility index (Phi) is 17.1. The van der Waals surface area contributed by atoms with Crippen LogP contribution in [0.4, 0.5) is 9.59 Å². The van der Waals surface area contributed by atoms with Crippen LogP contribution in [0.25, 0.3) is 0 Å². The van der Waals surface area contributed by atoms with Gasteiger partial charge >= 0.3 is 24.1 Å². The molecule has 2 amide bonds. The van der Waals surface area contributed by atoms with Crippen molar-refractivity contribution in [1.29, 1.82) is 0 Å². The average molecular weight is 791 g/mol. The van der Waals surface area contributed by atoms with Crippen LogP contribution >= 0.6 is 11.1 Å². The van der Waals surface area contributed by atoms with Crippen LogP contribution in [-0.4, -0.2) is 80.2 Å². The van der Waals surface area contributed by atoms with E-state index < -0.39 is 42.9 Å². The maximum atomic E-state index is 11.7. The number of hydrogen-bond donors (Lipinski definition) is 3. The molecule has 2 saturated carbocycles. The van der Waals surface area contributed by atoms with Gasteiger partial charge in [0.25, 0.3) is 0 Å². The van der Waals surface area contributed by atoms with Gasteiger partial charge in [0.1, 0.15) is 11.2 Å². The first-order chi connectivity index (χ1) is 24.9. The minimum Gasteiger partial charge on any atom is -0.469 e. The molecule has 2 aliphatic rings. The number of aliphatic hydroxyl groups is 1. The van der Waals surface area contributed by atoms with Crippen LogP contribution in [0.15, 0.2) is 60.7 Å². The van der Waals surface area contributed by atoms with E-state index in [-0.39, 0.29) is 40.8 Å². The fourth-order valence-electron chi connectivity index (χ4n) is 6.62. The fourth-order valence-corrected chi connectivity index (χ4v) is 10.7. The number of methoxy groups -OCH3 is 2. The van der Waals surface area contributed by atoms with Crippen LogP contribution in [0.3, 0.4) is 0 Å². The van der Waals surface area contributed by atoms with Crippen LogP contribution in [0.5, 0.6) is 0 Å². The molecule has 0 aliphatic heterocycles. The van der Waals surface area contributed by atoms with Gasteiger partial charge in [-0.1, -0.05) is 88.4 Å². The second kappa shape index (κ2) is 19.8. The topological polar surface area (TPSA) is 149 Å². The molecular formula is C41H63ClN2O9Si. The first-order valence-electron chi connectivity index (χ1n) is 18.5. The molecule has 0 heterocycles. The van der Waals surface area contributed by atoms with Gasteiger partial charge in [0, 0.05) is 6.04 Å². The highest BCUT2D eigenvalue weighted by molar-refractivity contribution is 7.35. The third-order valence-electron chi connectivity index (χ3n) is 9.26. The van der Waals surface area contributed by atoms with Crippen molar-refractivity contribution in [3.05, 3.63) is 60.7 Å². The Morgan fingerprint density at radius 2 is 1.02 bits per heavy atom. The third-order valence-corrected chi connectivity index (χ3v) is 16.6. The highest BCUT2D eigenvalue weighted by atomic mass is 35.6. The van der Waals surface area contributed by atoms with E-state index in [0.717, 1.165) is 6.42 Å². The van der Waals surface area contributed by atoms with Gasteiger partial charge < -0.3 is 34.7 Å². The highest BCUT2D eigenvalue weighted by Gasteiger charge is 2.46. The number of ether oxygens (including phenoxy) is 4. The number of rotatable bonds is 6. The molecule has 6 atom stereocenters. The smallest absolute Gasteiger partial charge is 0.407 e. The molecule has 13 heteroatoms. The molecule has 2 fully saturated rings. The molecule has 3 N–H and O–H groups in total.